The second-order valence-electron chi connectivity index (χ2n) is 11.6. The summed E-state index contributed by atoms with van der Waals surface area (Å²) in [4.78, 5) is 30.5. The summed E-state index contributed by atoms with van der Waals surface area (Å²) in [7, 11) is 0. The maximum Gasteiger partial charge on any atom is 0.273 e. The van der Waals surface area contributed by atoms with Crippen molar-refractivity contribution in [3.8, 4) is 5.69 Å². The standard InChI is InChI=1S/C32H35ClN4O2/c1-21-6-13-25(14-7-21)34-31(39)32(3)20-36-27-15-8-22(2)18-26(27)28(35-16-4-5-17-35)29(36)30(38)37(32)19-23-9-11-24(33)12-10-23/h4-5,8-12,15-18,21,25H,6-7,13-14,19-20H2,1-3H3,(H,34,39). The fraction of sp³-hybridized carbons (Fsp3) is 0.375. The number of hydrogen-bond donors (Lipinski definition) is 1. The Morgan fingerprint density at radius 2 is 1.74 bits per heavy atom. The summed E-state index contributed by atoms with van der Waals surface area (Å²) in [5.41, 5.74) is 3.41. The molecule has 4 aromatic rings. The van der Waals surface area contributed by atoms with E-state index in [1.165, 1.54) is 0 Å². The second-order valence-corrected chi connectivity index (χ2v) is 12.1. The Morgan fingerprint density at radius 1 is 1.05 bits per heavy atom. The lowest BCUT2D eigenvalue weighted by molar-refractivity contribution is -0.134. The number of fused-ring (bicyclic) bond motifs is 3. The van der Waals surface area contributed by atoms with E-state index in [0.717, 1.165) is 53.4 Å². The molecule has 1 N–H and O–H groups in total. The number of carbonyl (C=O) groups excluding carboxylic acids is 2. The minimum atomic E-state index is -1.07. The van der Waals surface area contributed by atoms with E-state index in [1.54, 1.807) is 4.90 Å². The van der Waals surface area contributed by atoms with Gasteiger partial charge in [0.1, 0.15) is 11.2 Å². The fourth-order valence-electron chi connectivity index (χ4n) is 6.28. The van der Waals surface area contributed by atoms with Gasteiger partial charge >= 0.3 is 0 Å². The zero-order valence-corrected chi connectivity index (χ0v) is 23.5. The van der Waals surface area contributed by atoms with Crippen LogP contribution in [-0.4, -0.2) is 37.4 Å². The molecule has 0 spiro atoms. The van der Waals surface area contributed by atoms with Crippen LogP contribution in [0.25, 0.3) is 16.6 Å². The van der Waals surface area contributed by atoms with Crippen molar-refractivity contribution in [3.05, 3.63) is 88.8 Å². The molecule has 1 saturated carbocycles. The van der Waals surface area contributed by atoms with Gasteiger partial charge in [-0.25, -0.2) is 0 Å². The van der Waals surface area contributed by atoms with Crippen molar-refractivity contribution in [3.63, 3.8) is 0 Å². The van der Waals surface area contributed by atoms with Gasteiger partial charge in [-0.3, -0.25) is 9.59 Å². The molecule has 0 bridgehead atoms. The van der Waals surface area contributed by atoms with Gasteiger partial charge in [0.25, 0.3) is 5.91 Å². The van der Waals surface area contributed by atoms with Gasteiger partial charge in [-0.15, -0.1) is 0 Å². The number of hydrogen-bond acceptors (Lipinski definition) is 2. The van der Waals surface area contributed by atoms with E-state index in [2.05, 4.69) is 41.9 Å². The predicted octanol–water partition coefficient (Wildman–Crippen LogP) is 6.50. The second kappa shape index (κ2) is 9.91. The largest absolute Gasteiger partial charge is 0.351 e. The van der Waals surface area contributed by atoms with Crippen LogP contribution in [-0.2, 0) is 17.9 Å². The highest BCUT2D eigenvalue weighted by Crippen LogP contribution is 2.39. The average molecular weight is 543 g/mol. The number of aryl methyl sites for hydroxylation is 1. The highest BCUT2D eigenvalue weighted by molar-refractivity contribution is 6.30. The van der Waals surface area contributed by atoms with Crippen molar-refractivity contribution < 1.29 is 9.59 Å². The molecule has 1 fully saturated rings. The number of benzene rings is 2. The minimum Gasteiger partial charge on any atom is -0.351 e. The number of rotatable bonds is 5. The first-order chi connectivity index (χ1) is 18.7. The Kier molecular flexibility index (Phi) is 6.54. The Balaban J connectivity index is 1.48. The summed E-state index contributed by atoms with van der Waals surface area (Å²) < 4.78 is 4.07. The topological polar surface area (TPSA) is 59.3 Å². The van der Waals surface area contributed by atoms with E-state index in [-0.39, 0.29) is 17.9 Å². The monoisotopic (exact) mass is 542 g/mol. The minimum absolute atomic E-state index is 0.0912. The van der Waals surface area contributed by atoms with Gasteiger partial charge in [0.2, 0.25) is 5.91 Å². The lowest BCUT2D eigenvalue weighted by Crippen LogP contribution is -2.64. The molecule has 2 aromatic heterocycles. The molecule has 1 unspecified atom stereocenters. The maximum absolute atomic E-state index is 14.6. The van der Waals surface area contributed by atoms with Gasteiger partial charge in [-0.1, -0.05) is 42.3 Å². The van der Waals surface area contributed by atoms with Gasteiger partial charge < -0.3 is 19.4 Å². The van der Waals surface area contributed by atoms with E-state index < -0.39 is 5.54 Å². The van der Waals surface area contributed by atoms with Crippen LogP contribution < -0.4 is 5.32 Å². The summed E-state index contributed by atoms with van der Waals surface area (Å²) in [6.07, 6.45) is 8.12. The van der Waals surface area contributed by atoms with Crippen LogP contribution in [0, 0.1) is 12.8 Å². The molecule has 0 radical (unpaired) electrons. The van der Waals surface area contributed by atoms with E-state index in [4.69, 9.17) is 11.6 Å². The van der Waals surface area contributed by atoms with Gasteiger partial charge in [-0.2, -0.15) is 0 Å². The number of nitrogens with zero attached hydrogens (tertiary/aromatic N) is 3. The van der Waals surface area contributed by atoms with Crippen molar-refractivity contribution in [1.29, 1.82) is 0 Å². The Labute approximate surface area is 234 Å². The van der Waals surface area contributed by atoms with Crippen molar-refractivity contribution in [1.82, 2.24) is 19.4 Å². The van der Waals surface area contributed by atoms with Crippen molar-refractivity contribution in [2.45, 2.75) is 71.1 Å². The maximum atomic E-state index is 14.6. The lowest BCUT2D eigenvalue weighted by Gasteiger charge is -2.45. The number of aromatic nitrogens is 2. The molecular weight excluding hydrogens is 508 g/mol. The van der Waals surface area contributed by atoms with E-state index in [1.807, 2.05) is 60.3 Å². The zero-order valence-electron chi connectivity index (χ0n) is 22.8. The molecule has 2 aliphatic rings. The molecule has 3 heterocycles. The molecule has 39 heavy (non-hydrogen) atoms. The smallest absolute Gasteiger partial charge is 0.273 e. The van der Waals surface area contributed by atoms with Crippen LogP contribution in [0.1, 0.15) is 61.1 Å². The van der Waals surface area contributed by atoms with Crippen LogP contribution in [0.2, 0.25) is 5.02 Å². The van der Waals surface area contributed by atoms with Gasteiger partial charge in [-0.05, 0) is 87.4 Å². The predicted molar refractivity (Wildman–Crippen MR) is 155 cm³/mol. The molecule has 2 aromatic carbocycles. The summed E-state index contributed by atoms with van der Waals surface area (Å²) in [6, 6.07) is 17.9. The van der Waals surface area contributed by atoms with Gasteiger partial charge in [0.05, 0.1) is 17.7 Å². The zero-order chi connectivity index (χ0) is 27.3. The summed E-state index contributed by atoms with van der Waals surface area (Å²) in [5, 5.41) is 4.99. The van der Waals surface area contributed by atoms with Crippen LogP contribution in [0.3, 0.4) is 0 Å². The molecule has 7 heteroatoms. The molecule has 202 valence electrons. The molecule has 6 rings (SSSR count). The molecule has 0 saturated heterocycles. The average Bonchev–Trinajstić information content (AvgIpc) is 3.55. The van der Waals surface area contributed by atoms with Crippen LogP contribution in [0.4, 0.5) is 0 Å². The van der Waals surface area contributed by atoms with Crippen molar-refractivity contribution in [2.24, 2.45) is 5.92 Å². The van der Waals surface area contributed by atoms with E-state index in [0.29, 0.717) is 29.7 Å². The molecule has 2 amide bonds. The highest BCUT2D eigenvalue weighted by Gasteiger charge is 2.49. The van der Waals surface area contributed by atoms with Crippen LogP contribution in [0.15, 0.2) is 67.0 Å². The third-order valence-electron chi connectivity index (χ3n) is 8.66. The van der Waals surface area contributed by atoms with Gasteiger partial charge in [0, 0.05) is 35.4 Å². The summed E-state index contributed by atoms with van der Waals surface area (Å²) >= 11 is 6.16. The number of carbonyl (C=O) groups is 2. The summed E-state index contributed by atoms with van der Waals surface area (Å²) in [6.45, 7) is 6.94. The Morgan fingerprint density at radius 3 is 2.44 bits per heavy atom. The van der Waals surface area contributed by atoms with Crippen LogP contribution in [0.5, 0.6) is 0 Å². The SMILES string of the molecule is Cc1ccc2c(c1)c(-n1cccc1)c1n2CC(C)(C(=O)NC2CCC(C)CC2)N(Cc2ccc(Cl)cc2)C1=O. The van der Waals surface area contributed by atoms with Gasteiger partial charge in [0.15, 0.2) is 0 Å². The molecule has 6 nitrogen and oxygen atoms in total. The molecule has 1 aliphatic heterocycles. The molecular formula is C32H35ClN4O2. The third-order valence-corrected chi connectivity index (χ3v) is 8.91. The summed E-state index contributed by atoms with van der Waals surface area (Å²) in [5.74, 6) is 0.450. The fourth-order valence-corrected chi connectivity index (χ4v) is 6.41. The Hall–Kier alpha value is -3.51. The first-order valence-corrected chi connectivity index (χ1v) is 14.3. The Bertz CT molecular complexity index is 1530. The van der Waals surface area contributed by atoms with E-state index in [9.17, 15) is 9.59 Å². The quantitative estimate of drug-likeness (QED) is 0.313. The van der Waals surface area contributed by atoms with E-state index >= 15 is 0 Å². The normalized spacial score (nSPS) is 23.2. The first-order valence-electron chi connectivity index (χ1n) is 13.9. The molecule has 1 atom stereocenters. The first kappa shape index (κ1) is 25.8. The number of nitrogens with one attached hydrogen (secondary N) is 1. The third kappa shape index (κ3) is 4.55. The molecule has 1 aliphatic carbocycles. The van der Waals surface area contributed by atoms with Crippen LogP contribution >= 0.6 is 11.6 Å². The number of halogens is 1. The van der Waals surface area contributed by atoms with Crippen molar-refractivity contribution in [2.75, 3.05) is 0 Å². The lowest BCUT2D eigenvalue weighted by atomic mass is 9.86. The van der Waals surface area contributed by atoms with Crippen molar-refractivity contribution >= 4 is 34.3 Å². The highest BCUT2D eigenvalue weighted by atomic mass is 35.5. The number of amides is 2.